The van der Waals surface area contributed by atoms with Gasteiger partial charge in [-0.15, -0.1) is 0 Å². The molecule has 124 valence electrons. The van der Waals surface area contributed by atoms with Crippen molar-refractivity contribution in [3.05, 3.63) is 95.6 Å². The van der Waals surface area contributed by atoms with Gasteiger partial charge in [-0.25, -0.2) is 0 Å². The molecule has 2 aromatic rings. The van der Waals surface area contributed by atoms with E-state index in [1.807, 2.05) is 19.1 Å². The highest BCUT2D eigenvalue weighted by atomic mass is 16.6. The highest BCUT2D eigenvalue weighted by Gasteiger charge is 2.40. The van der Waals surface area contributed by atoms with Gasteiger partial charge in [0.15, 0.2) is 0 Å². The minimum absolute atomic E-state index is 0.209. The highest BCUT2D eigenvalue weighted by molar-refractivity contribution is 5.49. The van der Waals surface area contributed by atoms with Gasteiger partial charge in [0.2, 0.25) is 0 Å². The van der Waals surface area contributed by atoms with E-state index in [1.54, 1.807) is 0 Å². The third-order valence-electron chi connectivity index (χ3n) is 4.31. The molecule has 24 heavy (non-hydrogen) atoms. The van der Waals surface area contributed by atoms with E-state index in [0.29, 0.717) is 6.61 Å². The van der Waals surface area contributed by atoms with Crippen LogP contribution in [0, 0.1) is 0 Å². The van der Waals surface area contributed by atoms with Crippen LogP contribution in [-0.2, 0) is 15.1 Å². The van der Waals surface area contributed by atoms with Gasteiger partial charge in [0.25, 0.3) is 0 Å². The summed E-state index contributed by atoms with van der Waals surface area (Å²) in [6, 6.07) is 20.9. The molecule has 2 heteroatoms. The zero-order valence-corrected chi connectivity index (χ0v) is 14.3. The van der Waals surface area contributed by atoms with Gasteiger partial charge >= 0.3 is 0 Å². The molecule has 2 nitrogen and oxygen atoms in total. The summed E-state index contributed by atoms with van der Waals surface area (Å²) >= 11 is 0. The molecule has 3 rings (SSSR count). The summed E-state index contributed by atoms with van der Waals surface area (Å²) < 4.78 is 12.0. The van der Waals surface area contributed by atoms with Crippen molar-refractivity contribution in [1.82, 2.24) is 0 Å². The lowest BCUT2D eigenvalue weighted by atomic mass is 9.79. The van der Waals surface area contributed by atoms with Gasteiger partial charge in [-0.2, -0.15) is 0 Å². The van der Waals surface area contributed by atoms with Gasteiger partial charge in [-0.3, -0.25) is 0 Å². The molecule has 0 aliphatic carbocycles. The Morgan fingerprint density at radius 2 is 1.58 bits per heavy atom. The van der Waals surface area contributed by atoms with Crippen LogP contribution in [0.25, 0.3) is 0 Å². The molecule has 1 fully saturated rings. The smallest absolute Gasteiger partial charge is 0.143 e. The Balaban J connectivity index is 2.18. The largest absolute Gasteiger partial charge is 0.371 e. The molecular weight excluding hydrogens is 296 g/mol. The molecule has 2 aromatic carbocycles. The van der Waals surface area contributed by atoms with Crippen molar-refractivity contribution in [2.24, 2.45) is 0 Å². The maximum Gasteiger partial charge on any atom is 0.143 e. The van der Waals surface area contributed by atoms with Crippen molar-refractivity contribution in [2.75, 3.05) is 13.2 Å². The van der Waals surface area contributed by atoms with Crippen LogP contribution in [0.3, 0.4) is 0 Å². The van der Waals surface area contributed by atoms with Crippen molar-refractivity contribution >= 4 is 0 Å². The Hall–Kier alpha value is -2.16. The first-order valence-corrected chi connectivity index (χ1v) is 8.47. The van der Waals surface area contributed by atoms with Gasteiger partial charge in [0.1, 0.15) is 11.7 Å². The summed E-state index contributed by atoms with van der Waals surface area (Å²) in [4.78, 5) is 0. The molecule has 1 aliphatic heterocycles. The fourth-order valence-electron chi connectivity index (χ4n) is 3.07. The summed E-state index contributed by atoms with van der Waals surface area (Å²) in [6.45, 7) is 5.47. The van der Waals surface area contributed by atoms with E-state index in [9.17, 15) is 0 Å². The second-order valence-electron chi connectivity index (χ2n) is 5.92. The fourth-order valence-corrected chi connectivity index (χ4v) is 3.07. The molecule has 0 spiro atoms. The number of hydrogen-bond donors (Lipinski definition) is 0. The van der Waals surface area contributed by atoms with E-state index in [2.05, 4.69) is 73.7 Å². The summed E-state index contributed by atoms with van der Waals surface area (Å²) in [5, 5.41) is 0. The SMILES string of the molecule is C/C=C\C(=C/C)C(OCC1CO1)(c1ccccc1)c1ccccc1. The molecule has 1 aliphatic rings. The van der Waals surface area contributed by atoms with Crippen molar-refractivity contribution < 1.29 is 9.47 Å². The zero-order chi connectivity index (χ0) is 16.8. The van der Waals surface area contributed by atoms with Crippen LogP contribution >= 0.6 is 0 Å². The lowest BCUT2D eigenvalue weighted by Crippen LogP contribution is -2.34. The molecule has 0 bridgehead atoms. The first-order chi connectivity index (χ1) is 11.8. The first-order valence-electron chi connectivity index (χ1n) is 8.47. The normalized spacial score (nSPS) is 18.1. The fraction of sp³-hybridized carbons (Fsp3) is 0.273. The topological polar surface area (TPSA) is 21.8 Å². The van der Waals surface area contributed by atoms with Crippen molar-refractivity contribution in [2.45, 2.75) is 25.6 Å². The van der Waals surface area contributed by atoms with Crippen molar-refractivity contribution in [3.8, 4) is 0 Å². The van der Waals surface area contributed by atoms with Gasteiger partial charge in [-0.1, -0.05) is 78.9 Å². The maximum absolute atomic E-state index is 6.59. The Bertz CT molecular complexity index is 658. The van der Waals surface area contributed by atoms with Crippen LogP contribution in [-0.4, -0.2) is 19.3 Å². The van der Waals surface area contributed by atoms with Crippen molar-refractivity contribution in [1.29, 1.82) is 0 Å². The number of hydrogen-bond acceptors (Lipinski definition) is 2. The molecule has 0 aromatic heterocycles. The molecule has 0 saturated carbocycles. The predicted molar refractivity (Wildman–Crippen MR) is 97.9 cm³/mol. The first kappa shape index (κ1) is 16.7. The Morgan fingerprint density at radius 3 is 2.00 bits per heavy atom. The molecule has 1 heterocycles. The van der Waals surface area contributed by atoms with Gasteiger partial charge in [0, 0.05) is 0 Å². The van der Waals surface area contributed by atoms with Crippen LogP contribution in [0.15, 0.2) is 84.5 Å². The van der Waals surface area contributed by atoms with Crippen LogP contribution in [0.5, 0.6) is 0 Å². The standard InChI is InChI=1S/C22H24O2/c1-3-11-18(4-2)22(24-17-21-16-23-21,19-12-7-5-8-13-19)20-14-9-6-10-15-20/h3-15,21H,16-17H2,1-2H3/b11-3-,18-4+. The van der Waals surface area contributed by atoms with Gasteiger partial charge in [-0.05, 0) is 30.5 Å². The van der Waals surface area contributed by atoms with Gasteiger partial charge < -0.3 is 9.47 Å². The monoisotopic (exact) mass is 320 g/mol. The third kappa shape index (κ3) is 3.35. The van der Waals surface area contributed by atoms with Crippen molar-refractivity contribution in [3.63, 3.8) is 0 Å². The summed E-state index contributed by atoms with van der Waals surface area (Å²) in [7, 11) is 0. The molecule has 1 atom stereocenters. The number of allylic oxidation sites excluding steroid dienone is 2. The Labute approximate surface area is 144 Å². The maximum atomic E-state index is 6.59. The molecule has 0 amide bonds. The lowest BCUT2D eigenvalue weighted by Gasteiger charge is -2.36. The van der Waals surface area contributed by atoms with E-state index in [4.69, 9.17) is 9.47 Å². The van der Waals surface area contributed by atoms with E-state index >= 15 is 0 Å². The molecule has 1 unspecified atom stereocenters. The molecule has 1 saturated heterocycles. The van der Waals surface area contributed by atoms with E-state index in [-0.39, 0.29) is 6.10 Å². The quantitative estimate of drug-likeness (QED) is 0.536. The van der Waals surface area contributed by atoms with Crippen LogP contribution in [0.4, 0.5) is 0 Å². The van der Waals surface area contributed by atoms with E-state index in [1.165, 1.54) is 0 Å². The highest BCUT2D eigenvalue weighted by Crippen LogP contribution is 2.41. The Kier molecular flexibility index (Phi) is 5.29. The average molecular weight is 320 g/mol. The van der Waals surface area contributed by atoms with Crippen LogP contribution in [0.2, 0.25) is 0 Å². The minimum atomic E-state index is -0.629. The van der Waals surface area contributed by atoms with Crippen LogP contribution in [0.1, 0.15) is 25.0 Å². The predicted octanol–water partition coefficient (Wildman–Crippen LogP) is 4.87. The Morgan fingerprint density at radius 1 is 1.04 bits per heavy atom. The second-order valence-corrected chi connectivity index (χ2v) is 5.92. The number of rotatable bonds is 7. The van der Waals surface area contributed by atoms with E-state index < -0.39 is 5.60 Å². The molecule has 0 radical (unpaired) electrons. The zero-order valence-electron chi connectivity index (χ0n) is 14.3. The summed E-state index contributed by atoms with van der Waals surface area (Å²) in [5.74, 6) is 0. The molecular formula is C22H24O2. The number of ether oxygens (including phenoxy) is 2. The minimum Gasteiger partial charge on any atom is -0.371 e. The third-order valence-corrected chi connectivity index (χ3v) is 4.31. The second kappa shape index (κ2) is 7.61. The summed E-state index contributed by atoms with van der Waals surface area (Å²) in [6.07, 6.45) is 6.54. The summed E-state index contributed by atoms with van der Waals surface area (Å²) in [5.41, 5.74) is 2.75. The number of epoxide rings is 1. The van der Waals surface area contributed by atoms with Crippen LogP contribution < -0.4 is 0 Å². The lowest BCUT2D eigenvalue weighted by molar-refractivity contribution is 0.00368. The van der Waals surface area contributed by atoms with E-state index in [0.717, 1.165) is 23.3 Å². The number of benzene rings is 2. The average Bonchev–Trinajstić information content (AvgIpc) is 3.47. The molecule has 0 N–H and O–H groups in total. The van der Waals surface area contributed by atoms with Gasteiger partial charge in [0.05, 0.1) is 13.2 Å².